The van der Waals surface area contributed by atoms with E-state index in [4.69, 9.17) is 9.47 Å². The minimum Gasteiger partial charge on any atom is -0.497 e. The number of nitrogens with zero attached hydrogens (tertiary/aromatic N) is 3. The van der Waals surface area contributed by atoms with E-state index in [0.29, 0.717) is 6.61 Å². The average Bonchev–Trinajstić information content (AvgIpc) is 3.20. The number of hydrogen-bond acceptors (Lipinski definition) is 5. The first-order chi connectivity index (χ1) is 12.8. The standard InChI is InChI=1S/C20H22N4O2/c1-25-17-4-2-15(3-5-17)13-24-10-11-26-14-19(24)20-22-12-18(23-20)16-6-8-21-9-7-16/h2-9,12,19H,10-11,13-14H2,1H3,(H,22,23)/t19-/m0/s1. The van der Waals surface area contributed by atoms with E-state index in [9.17, 15) is 0 Å². The zero-order valence-electron chi connectivity index (χ0n) is 14.8. The Hall–Kier alpha value is -2.70. The third-order valence-electron chi connectivity index (χ3n) is 4.69. The van der Waals surface area contributed by atoms with Gasteiger partial charge in [-0.05, 0) is 29.8 Å². The molecule has 0 aliphatic carbocycles. The molecule has 1 fully saturated rings. The van der Waals surface area contributed by atoms with E-state index in [1.807, 2.05) is 30.5 Å². The Morgan fingerprint density at radius 3 is 2.77 bits per heavy atom. The predicted molar refractivity (Wildman–Crippen MR) is 98.8 cm³/mol. The molecule has 1 saturated heterocycles. The molecule has 0 saturated carbocycles. The monoisotopic (exact) mass is 350 g/mol. The van der Waals surface area contributed by atoms with Gasteiger partial charge >= 0.3 is 0 Å². The van der Waals surface area contributed by atoms with E-state index in [0.717, 1.165) is 42.5 Å². The number of pyridine rings is 1. The first-order valence-corrected chi connectivity index (χ1v) is 8.73. The summed E-state index contributed by atoms with van der Waals surface area (Å²) in [5.74, 6) is 1.81. The SMILES string of the molecule is COc1ccc(CN2CCOC[C@H]2c2ncc(-c3ccncc3)[nH]2)cc1. The maximum absolute atomic E-state index is 5.72. The number of hydrogen-bond donors (Lipinski definition) is 1. The van der Waals surface area contributed by atoms with Crippen LogP contribution in [0.2, 0.25) is 0 Å². The van der Waals surface area contributed by atoms with Gasteiger partial charge in [0.15, 0.2) is 0 Å². The van der Waals surface area contributed by atoms with Crippen LogP contribution in [0.3, 0.4) is 0 Å². The lowest BCUT2D eigenvalue weighted by molar-refractivity contribution is -0.0156. The van der Waals surface area contributed by atoms with Gasteiger partial charge in [0.25, 0.3) is 0 Å². The van der Waals surface area contributed by atoms with Crippen molar-refractivity contribution < 1.29 is 9.47 Å². The van der Waals surface area contributed by atoms with Gasteiger partial charge in [-0.25, -0.2) is 4.98 Å². The normalized spacial score (nSPS) is 18.0. The molecule has 134 valence electrons. The highest BCUT2D eigenvalue weighted by molar-refractivity contribution is 5.57. The van der Waals surface area contributed by atoms with Gasteiger partial charge in [-0.2, -0.15) is 0 Å². The fraction of sp³-hybridized carbons (Fsp3) is 0.300. The second-order valence-corrected chi connectivity index (χ2v) is 6.33. The van der Waals surface area contributed by atoms with Crippen molar-refractivity contribution in [3.63, 3.8) is 0 Å². The maximum atomic E-state index is 5.72. The van der Waals surface area contributed by atoms with Crippen molar-refractivity contribution in [3.8, 4) is 17.0 Å². The summed E-state index contributed by atoms with van der Waals surface area (Å²) in [6.45, 7) is 3.11. The summed E-state index contributed by atoms with van der Waals surface area (Å²) in [6.07, 6.45) is 5.45. The zero-order chi connectivity index (χ0) is 17.8. The van der Waals surface area contributed by atoms with Crippen molar-refractivity contribution >= 4 is 0 Å². The fourth-order valence-corrected chi connectivity index (χ4v) is 3.23. The highest BCUT2D eigenvalue weighted by Gasteiger charge is 2.27. The lowest BCUT2D eigenvalue weighted by atomic mass is 10.1. The van der Waals surface area contributed by atoms with Crippen LogP contribution in [0.1, 0.15) is 17.4 Å². The predicted octanol–water partition coefficient (Wildman–Crippen LogP) is 3.05. The molecule has 0 amide bonds. The van der Waals surface area contributed by atoms with E-state index in [1.165, 1.54) is 5.56 Å². The van der Waals surface area contributed by atoms with Gasteiger partial charge in [0.1, 0.15) is 11.6 Å². The summed E-state index contributed by atoms with van der Waals surface area (Å²) < 4.78 is 11.0. The number of imidazole rings is 1. The number of nitrogens with one attached hydrogen (secondary N) is 1. The van der Waals surface area contributed by atoms with Gasteiger partial charge in [0, 0.05) is 31.0 Å². The fourth-order valence-electron chi connectivity index (χ4n) is 3.23. The maximum Gasteiger partial charge on any atom is 0.126 e. The third-order valence-corrected chi connectivity index (χ3v) is 4.69. The van der Waals surface area contributed by atoms with E-state index >= 15 is 0 Å². The minimum absolute atomic E-state index is 0.112. The number of ether oxygens (including phenoxy) is 2. The van der Waals surface area contributed by atoms with Crippen molar-refractivity contribution in [1.82, 2.24) is 19.9 Å². The van der Waals surface area contributed by atoms with Gasteiger partial charge in [-0.1, -0.05) is 12.1 Å². The second-order valence-electron chi connectivity index (χ2n) is 6.33. The Morgan fingerprint density at radius 2 is 2.00 bits per heavy atom. The molecule has 2 aromatic heterocycles. The molecule has 4 rings (SSSR count). The first kappa shape index (κ1) is 16.8. The van der Waals surface area contributed by atoms with Gasteiger partial charge < -0.3 is 14.5 Å². The molecule has 6 nitrogen and oxygen atoms in total. The summed E-state index contributed by atoms with van der Waals surface area (Å²) in [5, 5.41) is 0. The third kappa shape index (κ3) is 3.61. The number of rotatable bonds is 5. The molecule has 1 aliphatic heterocycles. The summed E-state index contributed by atoms with van der Waals surface area (Å²) in [5.41, 5.74) is 3.33. The molecule has 1 N–H and O–H groups in total. The van der Waals surface area contributed by atoms with Crippen LogP contribution in [0.25, 0.3) is 11.3 Å². The van der Waals surface area contributed by atoms with Crippen LogP contribution in [-0.4, -0.2) is 46.7 Å². The van der Waals surface area contributed by atoms with E-state index in [1.54, 1.807) is 19.5 Å². The highest BCUT2D eigenvalue weighted by atomic mass is 16.5. The van der Waals surface area contributed by atoms with Crippen molar-refractivity contribution in [2.24, 2.45) is 0 Å². The molecule has 0 unspecified atom stereocenters. The molecule has 0 bridgehead atoms. The van der Waals surface area contributed by atoms with Crippen LogP contribution in [-0.2, 0) is 11.3 Å². The Morgan fingerprint density at radius 1 is 1.19 bits per heavy atom. The topological polar surface area (TPSA) is 63.3 Å². The van der Waals surface area contributed by atoms with Crippen molar-refractivity contribution in [3.05, 3.63) is 66.4 Å². The molecule has 0 spiro atoms. The molecular weight excluding hydrogens is 328 g/mol. The molecular formula is C20H22N4O2. The van der Waals surface area contributed by atoms with Crippen molar-refractivity contribution in [1.29, 1.82) is 0 Å². The molecule has 1 aliphatic rings. The van der Waals surface area contributed by atoms with Crippen LogP contribution in [0.4, 0.5) is 0 Å². The molecule has 0 radical (unpaired) electrons. The summed E-state index contributed by atoms with van der Waals surface area (Å²) >= 11 is 0. The number of methoxy groups -OCH3 is 1. The molecule has 1 aromatic carbocycles. The van der Waals surface area contributed by atoms with Gasteiger partial charge in [-0.15, -0.1) is 0 Å². The minimum atomic E-state index is 0.112. The van der Waals surface area contributed by atoms with E-state index < -0.39 is 0 Å². The van der Waals surface area contributed by atoms with Crippen LogP contribution in [0, 0.1) is 0 Å². The lowest BCUT2D eigenvalue weighted by Gasteiger charge is -2.34. The molecule has 26 heavy (non-hydrogen) atoms. The molecule has 3 heterocycles. The van der Waals surface area contributed by atoms with Gasteiger partial charge in [0.2, 0.25) is 0 Å². The van der Waals surface area contributed by atoms with Crippen molar-refractivity contribution in [2.45, 2.75) is 12.6 Å². The average molecular weight is 350 g/mol. The van der Waals surface area contributed by atoms with Crippen molar-refractivity contribution in [2.75, 3.05) is 26.9 Å². The van der Waals surface area contributed by atoms with Crippen LogP contribution in [0.5, 0.6) is 5.75 Å². The lowest BCUT2D eigenvalue weighted by Crippen LogP contribution is -2.39. The Kier molecular flexibility index (Phi) is 4.95. The van der Waals surface area contributed by atoms with E-state index in [2.05, 4.69) is 32.0 Å². The molecule has 1 atom stereocenters. The Labute approximate surface area is 152 Å². The van der Waals surface area contributed by atoms with E-state index in [-0.39, 0.29) is 6.04 Å². The highest BCUT2D eigenvalue weighted by Crippen LogP contribution is 2.26. The van der Waals surface area contributed by atoms with Crippen LogP contribution >= 0.6 is 0 Å². The van der Waals surface area contributed by atoms with Gasteiger partial charge in [-0.3, -0.25) is 9.88 Å². The molecule has 6 heteroatoms. The number of morpholine rings is 1. The zero-order valence-corrected chi connectivity index (χ0v) is 14.8. The number of aromatic amines is 1. The van der Waals surface area contributed by atoms with Gasteiger partial charge in [0.05, 0.1) is 38.3 Å². The van der Waals surface area contributed by atoms with Crippen LogP contribution < -0.4 is 4.74 Å². The number of benzene rings is 1. The first-order valence-electron chi connectivity index (χ1n) is 8.73. The Bertz CT molecular complexity index is 833. The smallest absolute Gasteiger partial charge is 0.126 e. The van der Waals surface area contributed by atoms with Crippen LogP contribution in [0.15, 0.2) is 55.0 Å². The largest absolute Gasteiger partial charge is 0.497 e. The summed E-state index contributed by atoms with van der Waals surface area (Å²) in [6, 6.07) is 12.3. The number of H-pyrrole nitrogens is 1. The summed E-state index contributed by atoms with van der Waals surface area (Å²) in [7, 11) is 1.68. The Balaban J connectivity index is 1.53. The summed E-state index contributed by atoms with van der Waals surface area (Å²) in [4.78, 5) is 14.5. The molecule has 3 aromatic rings. The quantitative estimate of drug-likeness (QED) is 0.766. The number of aromatic nitrogens is 3. The second kappa shape index (κ2) is 7.68.